The van der Waals surface area contributed by atoms with Gasteiger partial charge in [-0.1, -0.05) is 13.0 Å². The van der Waals surface area contributed by atoms with Gasteiger partial charge >= 0.3 is 5.97 Å². The molecule has 0 unspecified atom stereocenters. The van der Waals surface area contributed by atoms with Crippen LogP contribution in [0.1, 0.15) is 13.8 Å². The number of aliphatic carboxylic acids is 1. The van der Waals surface area contributed by atoms with Gasteiger partial charge in [0.1, 0.15) is 6.04 Å². The highest BCUT2D eigenvalue weighted by Crippen LogP contribution is 2.09. The number of nitrogens with one attached hydrogen (secondary N) is 1. The number of carboxylic acid groups (broad SMARTS) is 1. The van der Waals surface area contributed by atoms with Gasteiger partial charge in [-0.3, -0.25) is 9.59 Å². The first-order valence-corrected chi connectivity index (χ1v) is 4.67. The van der Waals surface area contributed by atoms with E-state index >= 15 is 0 Å². The zero-order valence-electron chi connectivity index (χ0n) is 9.10. The molecule has 0 aromatic heterocycles. The van der Waals surface area contributed by atoms with Crippen LogP contribution < -0.4 is 5.32 Å². The molecule has 0 aromatic carbocycles. The van der Waals surface area contributed by atoms with Crippen molar-refractivity contribution in [2.45, 2.75) is 26.0 Å². The van der Waals surface area contributed by atoms with E-state index in [1.54, 1.807) is 6.92 Å². The average molecular weight is 215 g/mol. The highest BCUT2D eigenvalue weighted by atomic mass is 16.4. The molecule has 0 saturated carbocycles. The van der Waals surface area contributed by atoms with Gasteiger partial charge in [-0.2, -0.15) is 0 Å². The first-order valence-electron chi connectivity index (χ1n) is 4.67. The third-order valence-corrected chi connectivity index (χ3v) is 2.09. The first kappa shape index (κ1) is 13.8. The van der Waals surface area contributed by atoms with Gasteiger partial charge < -0.3 is 15.5 Å². The standard InChI is InChI=1S/C10H17NO4/c1-6(4-5-7(2)12)9(13)8(11-3)10(14)15/h4-6,8-9,11,13H,1-3H3,(H,14,15)/t6-,8+,9-/m1/s1. The summed E-state index contributed by atoms with van der Waals surface area (Å²) in [5, 5.41) is 20.9. The van der Waals surface area contributed by atoms with Crippen molar-refractivity contribution >= 4 is 11.8 Å². The number of allylic oxidation sites excluding steroid dienone is 1. The summed E-state index contributed by atoms with van der Waals surface area (Å²) in [5.74, 6) is -1.65. The highest BCUT2D eigenvalue weighted by Gasteiger charge is 2.27. The highest BCUT2D eigenvalue weighted by molar-refractivity contribution is 5.87. The summed E-state index contributed by atoms with van der Waals surface area (Å²) >= 11 is 0. The van der Waals surface area contributed by atoms with E-state index in [4.69, 9.17) is 5.11 Å². The molecule has 3 atom stereocenters. The smallest absolute Gasteiger partial charge is 0.323 e. The number of carbonyl (C=O) groups excluding carboxylic acids is 1. The van der Waals surface area contributed by atoms with Crippen molar-refractivity contribution in [3.05, 3.63) is 12.2 Å². The molecule has 5 nitrogen and oxygen atoms in total. The van der Waals surface area contributed by atoms with Crippen LogP contribution in [0.15, 0.2) is 12.2 Å². The number of aliphatic hydroxyl groups excluding tert-OH is 1. The minimum absolute atomic E-state index is 0.134. The number of hydrogen-bond acceptors (Lipinski definition) is 4. The van der Waals surface area contributed by atoms with Gasteiger partial charge in [0.05, 0.1) is 6.10 Å². The van der Waals surface area contributed by atoms with E-state index in [9.17, 15) is 14.7 Å². The molecule has 5 heteroatoms. The molecule has 0 spiro atoms. The number of hydrogen-bond donors (Lipinski definition) is 3. The maximum absolute atomic E-state index is 10.7. The van der Waals surface area contributed by atoms with Crippen LogP contribution >= 0.6 is 0 Å². The summed E-state index contributed by atoms with van der Waals surface area (Å²) in [6, 6.07) is -1.03. The fourth-order valence-corrected chi connectivity index (χ4v) is 1.15. The van der Waals surface area contributed by atoms with Crippen LogP contribution in [0.4, 0.5) is 0 Å². The van der Waals surface area contributed by atoms with Crippen LogP contribution in [0, 0.1) is 5.92 Å². The van der Waals surface area contributed by atoms with E-state index in [2.05, 4.69) is 5.32 Å². The average Bonchev–Trinajstić information content (AvgIpc) is 2.14. The van der Waals surface area contributed by atoms with E-state index in [1.165, 1.54) is 26.1 Å². The Balaban J connectivity index is 4.47. The number of carbonyl (C=O) groups is 2. The van der Waals surface area contributed by atoms with Crippen molar-refractivity contribution in [1.29, 1.82) is 0 Å². The predicted molar refractivity (Wildman–Crippen MR) is 55.5 cm³/mol. The number of aliphatic hydroxyl groups is 1. The summed E-state index contributed by atoms with van der Waals surface area (Å²) in [6.07, 6.45) is 1.76. The Kier molecular flexibility index (Phi) is 5.81. The fourth-order valence-electron chi connectivity index (χ4n) is 1.15. The van der Waals surface area contributed by atoms with Crippen molar-refractivity contribution < 1.29 is 19.8 Å². The first-order chi connectivity index (χ1) is 6.90. The lowest BCUT2D eigenvalue weighted by atomic mass is 9.97. The van der Waals surface area contributed by atoms with Crippen molar-refractivity contribution in [2.24, 2.45) is 5.92 Å². The SMILES string of the molecule is CN[C@H](C(=O)O)[C@H](O)[C@H](C)C=CC(C)=O. The maximum atomic E-state index is 10.7. The molecule has 0 aliphatic rings. The van der Waals surface area contributed by atoms with Crippen LogP contribution in [0.2, 0.25) is 0 Å². The molecule has 0 heterocycles. The molecule has 0 aromatic rings. The Labute approximate surface area is 88.8 Å². The van der Waals surface area contributed by atoms with Gasteiger partial charge in [0.25, 0.3) is 0 Å². The molecule has 0 rings (SSSR count). The Morgan fingerprint density at radius 2 is 1.93 bits per heavy atom. The van der Waals surface area contributed by atoms with Gasteiger partial charge in [0.2, 0.25) is 0 Å². The van der Waals surface area contributed by atoms with Crippen molar-refractivity contribution in [2.75, 3.05) is 7.05 Å². The summed E-state index contributed by atoms with van der Waals surface area (Å²) < 4.78 is 0. The number of ketones is 1. The molecule has 0 amide bonds. The second-order valence-corrected chi connectivity index (χ2v) is 3.42. The van der Waals surface area contributed by atoms with Gasteiger partial charge in [-0.25, -0.2) is 0 Å². The maximum Gasteiger partial charge on any atom is 0.323 e. The molecule has 0 saturated heterocycles. The molecule has 0 aliphatic heterocycles. The monoisotopic (exact) mass is 215 g/mol. The minimum atomic E-state index is -1.12. The Hall–Kier alpha value is -1.20. The number of carboxylic acids is 1. The van der Waals surface area contributed by atoms with Crippen LogP contribution in [0.3, 0.4) is 0 Å². The molecule has 86 valence electrons. The lowest BCUT2D eigenvalue weighted by molar-refractivity contribution is -0.142. The third kappa shape index (κ3) is 4.71. The van der Waals surface area contributed by atoms with Crippen molar-refractivity contribution in [3.8, 4) is 0 Å². The molecule has 0 radical (unpaired) electrons. The lowest BCUT2D eigenvalue weighted by Crippen LogP contribution is -2.46. The van der Waals surface area contributed by atoms with E-state index < -0.39 is 24.0 Å². The molecule has 0 fully saturated rings. The Bertz CT molecular complexity index is 262. The van der Waals surface area contributed by atoms with Crippen LogP contribution in [0.25, 0.3) is 0 Å². The quantitative estimate of drug-likeness (QED) is 0.534. The van der Waals surface area contributed by atoms with E-state index in [-0.39, 0.29) is 5.78 Å². The summed E-state index contributed by atoms with van der Waals surface area (Å²) in [4.78, 5) is 21.3. The third-order valence-electron chi connectivity index (χ3n) is 2.09. The van der Waals surface area contributed by atoms with Gasteiger partial charge in [0.15, 0.2) is 5.78 Å². The summed E-state index contributed by atoms with van der Waals surface area (Å²) in [6.45, 7) is 3.04. The molecular formula is C10H17NO4. The van der Waals surface area contributed by atoms with Gasteiger partial charge in [-0.15, -0.1) is 0 Å². The number of likely N-dealkylation sites (N-methyl/N-ethyl adjacent to an activating group) is 1. The Morgan fingerprint density at radius 1 is 1.40 bits per heavy atom. The summed E-state index contributed by atoms with van der Waals surface area (Å²) in [7, 11) is 1.46. The number of rotatable bonds is 6. The zero-order chi connectivity index (χ0) is 12.0. The minimum Gasteiger partial charge on any atom is -0.480 e. The van der Waals surface area contributed by atoms with Gasteiger partial charge in [-0.05, 0) is 20.0 Å². The second-order valence-electron chi connectivity index (χ2n) is 3.42. The van der Waals surface area contributed by atoms with Crippen LogP contribution in [-0.2, 0) is 9.59 Å². The molecule has 0 bridgehead atoms. The van der Waals surface area contributed by atoms with Crippen molar-refractivity contribution in [1.82, 2.24) is 5.32 Å². The van der Waals surface area contributed by atoms with E-state index in [1.807, 2.05) is 0 Å². The van der Waals surface area contributed by atoms with Crippen LogP contribution in [0.5, 0.6) is 0 Å². The molecular weight excluding hydrogens is 198 g/mol. The predicted octanol–water partition coefficient (Wildman–Crippen LogP) is -0.199. The topological polar surface area (TPSA) is 86.6 Å². The lowest BCUT2D eigenvalue weighted by Gasteiger charge is -2.22. The van der Waals surface area contributed by atoms with E-state index in [0.717, 1.165) is 0 Å². The normalized spacial score (nSPS) is 17.3. The second kappa shape index (κ2) is 6.31. The van der Waals surface area contributed by atoms with E-state index in [0.29, 0.717) is 0 Å². The molecule has 3 N–H and O–H groups in total. The summed E-state index contributed by atoms with van der Waals surface area (Å²) in [5.41, 5.74) is 0. The largest absolute Gasteiger partial charge is 0.480 e. The fraction of sp³-hybridized carbons (Fsp3) is 0.600. The van der Waals surface area contributed by atoms with Crippen molar-refractivity contribution in [3.63, 3.8) is 0 Å². The Morgan fingerprint density at radius 3 is 2.27 bits per heavy atom. The molecule has 15 heavy (non-hydrogen) atoms. The van der Waals surface area contributed by atoms with Crippen LogP contribution in [-0.4, -0.2) is 41.2 Å². The van der Waals surface area contributed by atoms with Gasteiger partial charge in [0, 0.05) is 5.92 Å². The zero-order valence-corrected chi connectivity index (χ0v) is 9.10. The molecule has 0 aliphatic carbocycles.